The van der Waals surface area contributed by atoms with Crippen molar-refractivity contribution in [3.8, 4) is 0 Å². The van der Waals surface area contributed by atoms with Gasteiger partial charge in [0.15, 0.2) is 0 Å². The summed E-state index contributed by atoms with van der Waals surface area (Å²) in [5, 5.41) is 3.51. The molecule has 0 bridgehead atoms. The maximum absolute atomic E-state index is 5.59. The van der Waals surface area contributed by atoms with Crippen LogP contribution in [-0.2, 0) is 0 Å². The van der Waals surface area contributed by atoms with Crippen LogP contribution in [0.5, 0.6) is 0 Å². The van der Waals surface area contributed by atoms with Crippen molar-refractivity contribution in [2.75, 3.05) is 33.2 Å². The van der Waals surface area contributed by atoms with Gasteiger partial charge in [-0.3, -0.25) is 0 Å². The highest BCUT2D eigenvalue weighted by Crippen LogP contribution is 2.24. The fourth-order valence-corrected chi connectivity index (χ4v) is 2.82. The second-order valence-corrected chi connectivity index (χ2v) is 5.49. The summed E-state index contributed by atoms with van der Waals surface area (Å²) in [6.07, 6.45) is 3.97. The van der Waals surface area contributed by atoms with Crippen LogP contribution in [0.2, 0.25) is 0 Å². The van der Waals surface area contributed by atoms with Gasteiger partial charge in [0.2, 0.25) is 0 Å². The van der Waals surface area contributed by atoms with Gasteiger partial charge in [-0.2, -0.15) is 0 Å². The van der Waals surface area contributed by atoms with E-state index in [1.165, 1.54) is 32.4 Å². The van der Waals surface area contributed by atoms with Crippen molar-refractivity contribution >= 4 is 0 Å². The van der Waals surface area contributed by atoms with Gasteiger partial charge < -0.3 is 16.0 Å². The molecule has 0 aromatic carbocycles. The van der Waals surface area contributed by atoms with E-state index in [0.29, 0.717) is 6.04 Å². The zero-order valence-corrected chi connectivity index (χ0v) is 11.2. The largest absolute Gasteiger partial charge is 0.329 e. The van der Waals surface area contributed by atoms with Gasteiger partial charge >= 0.3 is 0 Å². The smallest absolute Gasteiger partial charge is 0.0105 e. The van der Waals surface area contributed by atoms with Gasteiger partial charge in [0.1, 0.15) is 0 Å². The molecule has 0 spiro atoms. The molecule has 1 atom stereocenters. The number of hydrogen-bond acceptors (Lipinski definition) is 3. The molecule has 0 amide bonds. The van der Waals surface area contributed by atoms with E-state index in [0.717, 1.165) is 24.9 Å². The summed E-state index contributed by atoms with van der Waals surface area (Å²) in [5.41, 5.74) is 5.59. The van der Waals surface area contributed by atoms with E-state index in [4.69, 9.17) is 5.73 Å². The Labute approximate surface area is 101 Å². The predicted octanol–water partition coefficient (Wildman–Crippen LogP) is 1.29. The first-order valence-electron chi connectivity index (χ1n) is 6.77. The van der Waals surface area contributed by atoms with Crippen LogP contribution < -0.4 is 11.1 Å². The highest BCUT2D eigenvalue weighted by atomic mass is 15.1. The zero-order chi connectivity index (χ0) is 12.0. The van der Waals surface area contributed by atoms with E-state index >= 15 is 0 Å². The first kappa shape index (κ1) is 13.9. The minimum Gasteiger partial charge on any atom is -0.329 e. The van der Waals surface area contributed by atoms with Crippen molar-refractivity contribution < 1.29 is 0 Å². The molecule has 0 saturated carbocycles. The summed E-state index contributed by atoms with van der Waals surface area (Å²) in [7, 11) is 2.11. The standard InChI is InChI=1S/C13H29N3/c1-11(2)10-13(15-3)12-4-7-16(8-5-12)9-6-14/h11-13,15H,4-10,14H2,1-3H3. The Morgan fingerprint density at radius 2 is 1.94 bits per heavy atom. The third-order valence-electron chi connectivity index (χ3n) is 3.74. The first-order chi connectivity index (χ1) is 7.67. The lowest BCUT2D eigenvalue weighted by Crippen LogP contribution is -2.44. The molecule has 0 radical (unpaired) electrons. The molecule has 16 heavy (non-hydrogen) atoms. The first-order valence-corrected chi connectivity index (χ1v) is 6.77. The molecule has 96 valence electrons. The molecule has 3 N–H and O–H groups in total. The second-order valence-electron chi connectivity index (χ2n) is 5.49. The van der Waals surface area contributed by atoms with Crippen LogP contribution in [0, 0.1) is 11.8 Å². The Kier molecular flexibility index (Phi) is 6.32. The van der Waals surface area contributed by atoms with E-state index in [2.05, 4.69) is 31.1 Å². The van der Waals surface area contributed by atoms with Gasteiger partial charge in [0.05, 0.1) is 0 Å². The molecule has 1 heterocycles. The van der Waals surface area contributed by atoms with Crippen LogP contribution in [0.3, 0.4) is 0 Å². The van der Waals surface area contributed by atoms with Crippen molar-refractivity contribution in [3.63, 3.8) is 0 Å². The third-order valence-corrected chi connectivity index (χ3v) is 3.74. The minimum absolute atomic E-state index is 0.708. The van der Waals surface area contributed by atoms with E-state index in [-0.39, 0.29) is 0 Å². The van der Waals surface area contributed by atoms with Crippen LogP contribution in [-0.4, -0.2) is 44.2 Å². The lowest BCUT2D eigenvalue weighted by atomic mass is 9.85. The number of piperidine rings is 1. The predicted molar refractivity (Wildman–Crippen MR) is 70.5 cm³/mol. The van der Waals surface area contributed by atoms with Crippen molar-refractivity contribution in [2.45, 2.75) is 39.2 Å². The lowest BCUT2D eigenvalue weighted by molar-refractivity contribution is 0.156. The van der Waals surface area contributed by atoms with E-state index in [9.17, 15) is 0 Å². The summed E-state index contributed by atoms with van der Waals surface area (Å²) in [4.78, 5) is 2.50. The molecule has 1 saturated heterocycles. The van der Waals surface area contributed by atoms with Crippen LogP contribution in [0.15, 0.2) is 0 Å². The molecule has 3 nitrogen and oxygen atoms in total. The Hall–Kier alpha value is -0.120. The Balaban J connectivity index is 2.32. The molecule has 1 aliphatic heterocycles. The van der Waals surface area contributed by atoms with Crippen LogP contribution in [0.1, 0.15) is 33.1 Å². The lowest BCUT2D eigenvalue weighted by Gasteiger charge is -2.36. The van der Waals surface area contributed by atoms with Gasteiger partial charge in [0.25, 0.3) is 0 Å². The quantitative estimate of drug-likeness (QED) is 0.718. The zero-order valence-electron chi connectivity index (χ0n) is 11.2. The van der Waals surface area contributed by atoms with Crippen LogP contribution in [0.25, 0.3) is 0 Å². The number of nitrogens with two attached hydrogens (primary N) is 1. The van der Waals surface area contributed by atoms with Crippen LogP contribution >= 0.6 is 0 Å². The second kappa shape index (κ2) is 7.25. The molecule has 1 aliphatic rings. The number of likely N-dealkylation sites (tertiary alicyclic amines) is 1. The summed E-state index contributed by atoms with van der Waals surface area (Å²) >= 11 is 0. The monoisotopic (exact) mass is 227 g/mol. The third kappa shape index (κ3) is 4.40. The molecule has 1 fully saturated rings. The molecule has 0 aromatic heterocycles. The Morgan fingerprint density at radius 3 is 2.38 bits per heavy atom. The van der Waals surface area contributed by atoms with Gasteiger partial charge in [0, 0.05) is 19.1 Å². The topological polar surface area (TPSA) is 41.3 Å². The van der Waals surface area contributed by atoms with Gasteiger partial charge in [-0.05, 0) is 51.2 Å². The van der Waals surface area contributed by atoms with Crippen molar-refractivity contribution in [1.82, 2.24) is 10.2 Å². The molecule has 3 heteroatoms. The SMILES string of the molecule is CNC(CC(C)C)C1CCN(CCN)CC1. The summed E-state index contributed by atoms with van der Waals surface area (Å²) in [6.45, 7) is 8.96. The van der Waals surface area contributed by atoms with Crippen molar-refractivity contribution in [1.29, 1.82) is 0 Å². The van der Waals surface area contributed by atoms with E-state index in [1.807, 2.05) is 0 Å². The average molecular weight is 227 g/mol. The van der Waals surface area contributed by atoms with E-state index in [1.54, 1.807) is 0 Å². The number of rotatable bonds is 6. The number of nitrogens with one attached hydrogen (secondary N) is 1. The molecular weight excluding hydrogens is 198 g/mol. The number of nitrogens with zero attached hydrogens (tertiary/aromatic N) is 1. The molecule has 0 aliphatic carbocycles. The van der Waals surface area contributed by atoms with E-state index < -0.39 is 0 Å². The van der Waals surface area contributed by atoms with Gasteiger partial charge in [-0.1, -0.05) is 13.8 Å². The molecule has 1 rings (SSSR count). The van der Waals surface area contributed by atoms with Crippen LogP contribution in [0.4, 0.5) is 0 Å². The van der Waals surface area contributed by atoms with Crippen molar-refractivity contribution in [3.05, 3.63) is 0 Å². The normalized spacial score (nSPS) is 21.6. The summed E-state index contributed by atoms with van der Waals surface area (Å²) in [5.74, 6) is 1.65. The summed E-state index contributed by atoms with van der Waals surface area (Å²) < 4.78 is 0. The maximum atomic E-state index is 5.59. The maximum Gasteiger partial charge on any atom is 0.0105 e. The molecular formula is C13H29N3. The highest BCUT2D eigenvalue weighted by molar-refractivity contribution is 4.82. The minimum atomic E-state index is 0.708. The fraction of sp³-hybridized carbons (Fsp3) is 1.00. The van der Waals surface area contributed by atoms with Crippen molar-refractivity contribution in [2.24, 2.45) is 17.6 Å². The van der Waals surface area contributed by atoms with Gasteiger partial charge in [-0.25, -0.2) is 0 Å². The summed E-state index contributed by atoms with van der Waals surface area (Å²) in [6, 6.07) is 0.708. The Morgan fingerprint density at radius 1 is 1.31 bits per heavy atom. The van der Waals surface area contributed by atoms with Gasteiger partial charge in [-0.15, -0.1) is 0 Å². The average Bonchev–Trinajstić information content (AvgIpc) is 2.27. The highest BCUT2D eigenvalue weighted by Gasteiger charge is 2.25. The molecule has 0 aromatic rings. The molecule has 1 unspecified atom stereocenters. The number of hydrogen-bond donors (Lipinski definition) is 2. The fourth-order valence-electron chi connectivity index (χ4n) is 2.82. The Bertz CT molecular complexity index is 174.